The Morgan fingerprint density at radius 2 is 1.95 bits per heavy atom. The molecule has 2 aromatic carbocycles. The molecule has 3 heteroatoms. The molecule has 0 bridgehead atoms. The zero-order valence-corrected chi connectivity index (χ0v) is 13.3. The van der Waals surface area contributed by atoms with Crippen molar-refractivity contribution < 1.29 is 4.39 Å². The lowest BCUT2D eigenvalue weighted by Gasteiger charge is -2.21. The third-order valence-corrected chi connectivity index (χ3v) is 3.93. The topological polar surface area (TPSA) is 12.0 Å². The number of halogens is 2. The van der Waals surface area contributed by atoms with Gasteiger partial charge in [-0.1, -0.05) is 48.9 Å². The number of hydrogen-bond donors (Lipinski definition) is 1. The van der Waals surface area contributed by atoms with Crippen LogP contribution in [0.25, 0.3) is 0 Å². The summed E-state index contributed by atoms with van der Waals surface area (Å²) in [6, 6.07) is 13.6. The SMILES string of the molecule is CCCNC(Cc1ccc(Cl)c(F)c1)c1ccccc1C. The third kappa shape index (κ3) is 4.29. The normalized spacial score (nSPS) is 12.4. The fourth-order valence-corrected chi connectivity index (χ4v) is 2.61. The van der Waals surface area contributed by atoms with Crippen molar-refractivity contribution in [1.29, 1.82) is 0 Å². The molecular weight excluding hydrogens is 285 g/mol. The van der Waals surface area contributed by atoms with Gasteiger partial charge in [0.2, 0.25) is 0 Å². The molecule has 1 atom stereocenters. The van der Waals surface area contributed by atoms with Crippen LogP contribution in [-0.2, 0) is 6.42 Å². The van der Waals surface area contributed by atoms with Crippen molar-refractivity contribution in [2.24, 2.45) is 0 Å². The van der Waals surface area contributed by atoms with E-state index in [4.69, 9.17) is 11.6 Å². The molecule has 0 aliphatic heterocycles. The summed E-state index contributed by atoms with van der Waals surface area (Å²) >= 11 is 5.75. The Bertz CT molecular complexity index is 598. The van der Waals surface area contributed by atoms with E-state index in [0.717, 1.165) is 24.9 Å². The molecule has 1 N–H and O–H groups in total. The molecule has 1 unspecified atom stereocenters. The predicted octanol–water partition coefficient (Wildman–Crippen LogP) is 5.07. The lowest BCUT2D eigenvalue weighted by molar-refractivity contribution is 0.525. The highest BCUT2D eigenvalue weighted by Crippen LogP contribution is 2.24. The average Bonchev–Trinajstić information content (AvgIpc) is 2.48. The quantitative estimate of drug-likeness (QED) is 0.785. The van der Waals surface area contributed by atoms with Crippen LogP contribution in [0, 0.1) is 12.7 Å². The average molecular weight is 306 g/mol. The van der Waals surface area contributed by atoms with Gasteiger partial charge in [-0.25, -0.2) is 4.39 Å². The molecule has 0 aliphatic rings. The summed E-state index contributed by atoms with van der Waals surface area (Å²) in [6.07, 6.45) is 1.82. The minimum absolute atomic E-state index is 0.174. The summed E-state index contributed by atoms with van der Waals surface area (Å²) in [5, 5.41) is 3.73. The van der Waals surface area contributed by atoms with Gasteiger partial charge in [0, 0.05) is 6.04 Å². The first-order valence-corrected chi connectivity index (χ1v) is 7.72. The van der Waals surface area contributed by atoms with Gasteiger partial charge in [0.1, 0.15) is 5.82 Å². The first kappa shape index (κ1) is 16.0. The summed E-state index contributed by atoms with van der Waals surface area (Å²) in [5.41, 5.74) is 3.47. The first-order chi connectivity index (χ1) is 10.1. The Kier molecular flexibility index (Phi) is 5.77. The standard InChI is InChI=1S/C18H21ClFN/c1-3-10-21-18(15-7-5-4-6-13(15)2)12-14-8-9-16(19)17(20)11-14/h4-9,11,18,21H,3,10,12H2,1-2H3. The van der Waals surface area contributed by atoms with Gasteiger partial charge in [-0.05, 0) is 55.1 Å². The molecule has 21 heavy (non-hydrogen) atoms. The number of aryl methyl sites for hydroxylation is 1. The molecule has 0 saturated heterocycles. The van der Waals surface area contributed by atoms with Crippen LogP contribution >= 0.6 is 11.6 Å². The van der Waals surface area contributed by atoms with Crippen molar-refractivity contribution in [2.75, 3.05) is 6.54 Å². The van der Waals surface area contributed by atoms with E-state index in [0.29, 0.717) is 0 Å². The van der Waals surface area contributed by atoms with Crippen LogP contribution in [0.4, 0.5) is 4.39 Å². The van der Waals surface area contributed by atoms with E-state index >= 15 is 0 Å². The molecule has 0 amide bonds. The summed E-state index contributed by atoms with van der Waals surface area (Å²) in [6.45, 7) is 5.19. The number of benzene rings is 2. The molecule has 0 heterocycles. The van der Waals surface area contributed by atoms with Gasteiger partial charge in [0.25, 0.3) is 0 Å². The van der Waals surface area contributed by atoms with Crippen LogP contribution in [-0.4, -0.2) is 6.54 Å². The highest BCUT2D eigenvalue weighted by molar-refractivity contribution is 6.30. The second kappa shape index (κ2) is 7.58. The molecular formula is C18H21ClFN. The van der Waals surface area contributed by atoms with E-state index in [1.165, 1.54) is 17.2 Å². The molecule has 2 rings (SSSR count). The summed E-state index contributed by atoms with van der Waals surface area (Å²) in [7, 11) is 0. The Labute approximate surface area is 131 Å². The Morgan fingerprint density at radius 3 is 2.62 bits per heavy atom. The van der Waals surface area contributed by atoms with Gasteiger partial charge in [-0.15, -0.1) is 0 Å². The van der Waals surface area contributed by atoms with E-state index in [2.05, 4.69) is 31.3 Å². The lowest BCUT2D eigenvalue weighted by Crippen LogP contribution is -2.24. The smallest absolute Gasteiger partial charge is 0.142 e. The fraction of sp³-hybridized carbons (Fsp3) is 0.333. The molecule has 0 aromatic heterocycles. The zero-order chi connectivity index (χ0) is 15.2. The second-order valence-corrected chi connectivity index (χ2v) is 5.72. The van der Waals surface area contributed by atoms with Crippen molar-refractivity contribution in [3.05, 3.63) is 70.0 Å². The van der Waals surface area contributed by atoms with Gasteiger partial charge < -0.3 is 5.32 Å². The number of hydrogen-bond acceptors (Lipinski definition) is 1. The van der Waals surface area contributed by atoms with Crippen LogP contribution in [0.15, 0.2) is 42.5 Å². The lowest BCUT2D eigenvalue weighted by atomic mass is 9.95. The zero-order valence-electron chi connectivity index (χ0n) is 12.5. The highest BCUT2D eigenvalue weighted by Gasteiger charge is 2.14. The third-order valence-electron chi connectivity index (χ3n) is 3.63. The van der Waals surface area contributed by atoms with Crippen molar-refractivity contribution in [3.8, 4) is 0 Å². The van der Waals surface area contributed by atoms with Crippen LogP contribution in [0.2, 0.25) is 5.02 Å². The van der Waals surface area contributed by atoms with Crippen molar-refractivity contribution in [2.45, 2.75) is 32.7 Å². The number of rotatable bonds is 6. The van der Waals surface area contributed by atoms with Gasteiger partial charge in [0.05, 0.1) is 5.02 Å². The predicted molar refractivity (Wildman–Crippen MR) is 87.3 cm³/mol. The molecule has 2 aromatic rings. The van der Waals surface area contributed by atoms with Crippen molar-refractivity contribution in [3.63, 3.8) is 0 Å². The molecule has 1 nitrogen and oxygen atoms in total. The maximum atomic E-state index is 13.6. The summed E-state index contributed by atoms with van der Waals surface area (Å²) in [5.74, 6) is -0.354. The van der Waals surface area contributed by atoms with E-state index < -0.39 is 0 Å². The van der Waals surface area contributed by atoms with E-state index in [9.17, 15) is 4.39 Å². The Balaban J connectivity index is 2.24. The van der Waals surface area contributed by atoms with E-state index in [-0.39, 0.29) is 16.9 Å². The van der Waals surface area contributed by atoms with Crippen LogP contribution in [0.5, 0.6) is 0 Å². The molecule has 0 fully saturated rings. The van der Waals surface area contributed by atoms with Gasteiger partial charge in [0.15, 0.2) is 0 Å². The van der Waals surface area contributed by atoms with Gasteiger partial charge in [-0.2, -0.15) is 0 Å². The summed E-state index contributed by atoms with van der Waals surface area (Å²) < 4.78 is 13.6. The fourth-order valence-electron chi connectivity index (χ4n) is 2.49. The minimum Gasteiger partial charge on any atom is -0.310 e. The van der Waals surface area contributed by atoms with Crippen LogP contribution in [0.1, 0.15) is 36.1 Å². The van der Waals surface area contributed by atoms with Gasteiger partial charge in [-0.3, -0.25) is 0 Å². The monoisotopic (exact) mass is 305 g/mol. The molecule has 0 aliphatic carbocycles. The van der Waals surface area contributed by atoms with E-state index in [1.807, 2.05) is 18.2 Å². The summed E-state index contributed by atoms with van der Waals surface area (Å²) in [4.78, 5) is 0. The first-order valence-electron chi connectivity index (χ1n) is 7.34. The van der Waals surface area contributed by atoms with Crippen LogP contribution in [0.3, 0.4) is 0 Å². The van der Waals surface area contributed by atoms with Crippen LogP contribution < -0.4 is 5.32 Å². The number of nitrogens with one attached hydrogen (secondary N) is 1. The molecule has 0 spiro atoms. The van der Waals surface area contributed by atoms with Gasteiger partial charge >= 0.3 is 0 Å². The van der Waals surface area contributed by atoms with Crippen molar-refractivity contribution >= 4 is 11.6 Å². The largest absolute Gasteiger partial charge is 0.310 e. The van der Waals surface area contributed by atoms with Crippen molar-refractivity contribution in [1.82, 2.24) is 5.32 Å². The molecule has 112 valence electrons. The molecule has 0 saturated carbocycles. The Morgan fingerprint density at radius 1 is 1.19 bits per heavy atom. The maximum absolute atomic E-state index is 13.6. The van der Waals surface area contributed by atoms with E-state index in [1.54, 1.807) is 6.07 Å². The highest BCUT2D eigenvalue weighted by atomic mass is 35.5. The maximum Gasteiger partial charge on any atom is 0.142 e. The Hall–Kier alpha value is -1.38. The second-order valence-electron chi connectivity index (χ2n) is 5.32. The minimum atomic E-state index is -0.354. The molecule has 0 radical (unpaired) electrons.